The first-order chi connectivity index (χ1) is 9.70. The van der Waals surface area contributed by atoms with Gasteiger partial charge in [0.2, 0.25) is 0 Å². The van der Waals surface area contributed by atoms with Crippen molar-refractivity contribution in [1.29, 1.82) is 0 Å². The molecular formula is C16H28N2O2. The molecule has 2 unspecified atom stereocenters. The number of rotatable bonds is 7. The smallest absolute Gasteiger partial charge is 0.0935 e. The van der Waals surface area contributed by atoms with Crippen molar-refractivity contribution in [3.63, 3.8) is 0 Å². The van der Waals surface area contributed by atoms with Gasteiger partial charge in [0.15, 0.2) is 0 Å². The minimum absolute atomic E-state index is 0.150. The van der Waals surface area contributed by atoms with Crippen LogP contribution in [0.3, 0.4) is 0 Å². The van der Waals surface area contributed by atoms with Crippen LogP contribution in [0.2, 0.25) is 0 Å². The Labute approximate surface area is 122 Å². The summed E-state index contributed by atoms with van der Waals surface area (Å²) in [6, 6.07) is 2.49. The molecule has 0 bridgehead atoms. The highest BCUT2D eigenvalue weighted by atomic mass is 16.5. The highest BCUT2D eigenvalue weighted by molar-refractivity contribution is 5.11. The van der Waals surface area contributed by atoms with E-state index in [1.54, 1.807) is 6.26 Å². The number of furan rings is 1. The van der Waals surface area contributed by atoms with E-state index in [1.807, 2.05) is 6.26 Å². The van der Waals surface area contributed by atoms with E-state index in [9.17, 15) is 0 Å². The Morgan fingerprint density at radius 1 is 1.35 bits per heavy atom. The van der Waals surface area contributed by atoms with Gasteiger partial charge < -0.3 is 14.5 Å². The van der Waals surface area contributed by atoms with Gasteiger partial charge in [-0.25, -0.2) is 0 Å². The van der Waals surface area contributed by atoms with E-state index in [-0.39, 0.29) is 5.54 Å². The molecule has 0 radical (unpaired) electrons. The second kappa shape index (κ2) is 7.25. The van der Waals surface area contributed by atoms with E-state index < -0.39 is 0 Å². The fourth-order valence-corrected chi connectivity index (χ4v) is 3.17. The van der Waals surface area contributed by atoms with E-state index >= 15 is 0 Å². The standard InChI is InChI=1S/C16H28N2O2/c1-4-16(3,18-7-10-19-11-8-18)15(17-5-2)12-14-6-9-20-13-14/h6,9,13,15,17H,4-5,7-8,10-12H2,1-3H3. The Kier molecular flexibility index (Phi) is 5.64. The molecule has 1 N–H and O–H groups in total. The molecule has 0 spiro atoms. The molecule has 2 atom stereocenters. The molecule has 0 aromatic carbocycles. The number of morpholine rings is 1. The predicted octanol–water partition coefficient (Wildman–Crippen LogP) is 2.30. The summed E-state index contributed by atoms with van der Waals surface area (Å²) in [4.78, 5) is 2.59. The summed E-state index contributed by atoms with van der Waals surface area (Å²) in [5.74, 6) is 0. The van der Waals surface area contributed by atoms with Gasteiger partial charge in [0.1, 0.15) is 0 Å². The Morgan fingerprint density at radius 3 is 2.65 bits per heavy atom. The quantitative estimate of drug-likeness (QED) is 0.831. The highest BCUT2D eigenvalue weighted by Gasteiger charge is 2.38. The number of ether oxygens (including phenoxy) is 1. The van der Waals surface area contributed by atoms with Crippen molar-refractivity contribution in [2.75, 3.05) is 32.8 Å². The maximum Gasteiger partial charge on any atom is 0.0935 e. The maximum atomic E-state index is 5.51. The van der Waals surface area contributed by atoms with Crippen molar-refractivity contribution in [3.8, 4) is 0 Å². The molecule has 1 aromatic heterocycles. The van der Waals surface area contributed by atoms with Gasteiger partial charge in [0, 0.05) is 24.7 Å². The van der Waals surface area contributed by atoms with Crippen LogP contribution in [0.4, 0.5) is 0 Å². The fourth-order valence-electron chi connectivity index (χ4n) is 3.17. The molecule has 4 nitrogen and oxygen atoms in total. The van der Waals surface area contributed by atoms with Crippen LogP contribution in [-0.4, -0.2) is 49.3 Å². The monoisotopic (exact) mass is 280 g/mol. The molecule has 2 rings (SSSR count). The third-order valence-corrected chi connectivity index (χ3v) is 4.67. The summed E-state index contributed by atoms with van der Waals surface area (Å²) >= 11 is 0. The van der Waals surface area contributed by atoms with Crippen molar-refractivity contribution in [1.82, 2.24) is 10.2 Å². The third kappa shape index (κ3) is 3.43. The lowest BCUT2D eigenvalue weighted by molar-refractivity contribution is -0.0320. The van der Waals surface area contributed by atoms with Crippen LogP contribution >= 0.6 is 0 Å². The highest BCUT2D eigenvalue weighted by Crippen LogP contribution is 2.27. The van der Waals surface area contributed by atoms with Crippen molar-refractivity contribution >= 4 is 0 Å². The van der Waals surface area contributed by atoms with Crippen LogP contribution in [0.5, 0.6) is 0 Å². The first kappa shape index (κ1) is 15.5. The van der Waals surface area contributed by atoms with Gasteiger partial charge in [-0.1, -0.05) is 13.8 Å². The van der Waals surface area contributed by atoms with Crippen LogP contribution in [0.25, 0.3) is 0 Å². The zero-order valence-electron chi connectivity index (χ0n) is 13.0. The second-order valence-electron chi connectivity index (χ2n) is 5.76. The van der Waals surface area contributed by atoms with Crippen LogP contribution in [0.1, 0.15) is 32.8 Å². The van der Waals surface area contributed by atoms with E-state index in [0.717, 1.165) is 45.7 Å². The van der Waals surface area contributed by atoms with Gasteiger partial charge in [-0.05, 0) is 37.9 Å². The normalized spacial score (nSPS) is 21.6. The van der Waals surface area contributed by atoms with E-state index in [2.05, 4.69) is 37.1 Å². The van der Waals surface area contributed by atoms with E-state index in [0.29, 0.717) is 6.04 Å². The van der Waals surface area contributed by atoms with Crippen molar-refractivity contribution in [3.05, 3.63) is 24.2 Å². The fraction of sp³-hybridized carbons (Fsp3) is 0.750. The number of hydrogen-bond donors (Lipinski definition) is 1. The van der Waals surface area contributed by atoms with Gasteiger partial charge in [0.05, 0.1) is 25.7 Å². The van der Waals surface area contributed by atoms with Gasteiger partial charge >= 0.3 is 0 Å². The van der Waals surface area contributed by atoms with Crippen molar-refractivity contribution in [2.45, 2.75) is 45.2 Å². The summed E-state index contributed by atoms with van der Waals surface area (Å²) in [7, 11) is 0. The minimum atomic E-state index is 0.150. The lowest BCUT2D eigenvalue weighted by atomic mass is 9.83. The molecular weight excluding hydrogens is 252 g/mol. The Balaban J connectivity index is 2.13. The zero-order valence-corrected chi connectivity index (χ0v) is 13.0. The van der Waals surface area contributed by atoms with Crippen LogP contribution < -0.4 is 5.32 Å². The number of nitrogens with one attached hydrogen (secondary N) is 1. The average Bonchev–Trinajstić information content (AvgIpc) is 3.00. The molecule has 114 valence electrons. The summed E-state index contributed by atoms with van der Waals surface area (Å²) in [5, 5.41) is 3.69. The molecule has 0 amide bonds. The molecule has 1 aromatic rings. The molecule has 1 fully saturated rings. The van der Waals surface area contributed by atoms with Gasteiger partial charge in [-0.15, -0.1) is 0 Å². The van der Waals surface area contributed by atoms with Gasteiger partial charge in [-0.2, -0.15) is 0 Å². The number of nitrogens with zero attached hydrogens (tertiary/aromatic N) is 1. The second-order valence-corrected chi connectivity index (χ2v) is 5.76. The van der Waals surface area contributed by atoms with Gasteiger partial charge in [0.25, 0.3) is 0 Å². The number of hydrogen-bond acceptors (Lipinski definition) is 4. The Bertz CT molecular complexity index is 374. The van der Waals surface area contributed by atoms with Crippen LogP contribution in [-0.2, 0) is 11.2 Å². The summed E-state index contributed by atoms with van der Waals surface area (Å²) in [5.41, 5.74) is 1.42. The predicted molar refractivity (Wildman–Crippen MR) is 81.0 cm³/mol. The first-order valence-electron chi connectivity index (χ1n) is 7.78. The SMILES string of the molecule is CCNC(Cc1ccoc1)C(C)(CC)N1CCOCC1. The maximum absolute atomic E-state index is 5.51. The van der Waals surface area contributed by atoms with E-state index in [1.165, 1.54) is 5.56 Å². The minimum Gasteiger partial charge on any atom is -0.472 e. The molecule has 0 aliphatic carbocycles. The molecule has 2 heterocycles. The first-order valence-corrected chi connectivity index (χ1v) is 7.78. The lowest BCUT2D eigenvalue weighted by Crippen LogP contribution is -2.62. The molecule has 1 saturated heterocycles. The lowest BCUT2D eigenvalue weighted by Gasteiger charge is -2.48. The summed E-state index contributed by atoms with van der Waals surface area (Å²) < 4.78 is 10.7. The van der Waals surface area contributed by atoms with E-state index in [4.69, 9.17) is 9.15 Å². The Hall–Kier alpha value is -0.840. The average molecular weight is 280 g/mol. The third-order valence-electron chi connectivity index (χ3n) is 4.67. The molecule has 4 heteroatoms. The molecule has 0 saturated carbocycles. The largest absolute Gasteiger partial charge is 0.472 e. The topological polar surface area (TPSA) is 37.6 Å². The van der Waals surface area contributed by atoms with Gasteiger partial charge in [-0.3, -0.25) is 4.90 Å². The van der Waals surface area contributed by atoms with Crippen molar-refractivity contribution < 1.29 is 9.15 Å². The molecule has 1 aliphatic heterocycles. The number of likely N-dealkylation sites (N-methyl/N-ethyl adjacent to an activating group) is 1. The zero-order chi connectivity index (χ0) is 14.4. The van der Waals surface area contributed by atoms with Crippen LogP contribution in [0, 0.1) is 0 Å². The van der Waals surface area contributed by atoms with Crippen molar-refractivity contribution in [2.24, 2.45) is 0 Å². The summed E-state index contributed by atoms with van der Waals surface area (Å²) in [6.07, 6.45) is 5.75. The summed E-state index contributed by atoms with van der Waals surface area (Å²) in [6.45, 7) is 11.6. The molecule has 1 aliphatic rings. The molecule has 20 heavy (non-hydrogen) atoms. The van der Waals surface area contributed by atoms with Crippen LogP contribution in [0.15, 0.2) is 23.0 Å². The Morgan fingerprint density at radius 2 is 2.10 bits per heavy atom.